The van der Waals surface area contributed by atoms with Gasteiger partial charge in [-0.3, -0.25) is 0 Å². The van der Waals surface area contributed by atoms with Crippen LogP contribution in [0.3, 0.4) is 0 Å². The second-order valence-corrected chi connectivity index (χ2v) is 5.52. The number of aryl methyl sites for hydroxylation is 1. The molecule has 0 saturated carbocycles. The number of hydrogen-bond donors (Lipinski definition) is 1. The topological polar surface area (TPSA) is 12.0 Å². The molecule has 0 aliphatic carbocycles. The monoisotopic (exact) mass is 355 g/mol. The minimum atomic E-state index is -0.193. The Morgan fingerprint density at radius 3 is 2.39 bits per heavy atom. The highest BCUT2D eigenvalue weighted by atomic mass is 127. The van der Waals surface area contributed by atoms with E-state index in [1.807, 2.05) is 20.0 Å². The predicted octanol–water partition coefficient (Wildman–Crippen LogP) is 4.05. The summed E-state index contributed by atoms with van der Waals surface area (Å²) in [6.45, 7) is 2.01. The quantitative estimate of drug-likeness (QED) is 0.820. The average Bonchev–Trinajstić information content (AvgIpc) is 2.37. The van der Waals surface area contributed by atoms with Crippen LogP contribution >= 0.6 is 22.6 Å². The molecule has 1 N–H and O–H groups in total. The SMILES string of the molecule is CNC(c1ccc(I)cc1)c1cc(F)ccc1C. The second-order valence-electron chi connectivity index (χ2n) is 4.27. The van der Waals surface area contributed by atoms with Crippen molar-refractivity contribution in [1.82, 2.24) is 5.32 Å². The van der Waals surface area contributed by atoms with E-state index >= 15 is 0 Å². The summed E-state index contributed by atoms with van der Waals surface area (Å²) < 4.78 is 14.6. The van der Waals surface area contributed by atoms with Gasteiger partial charge in [0.2, 0.25) is 0 Å². The third kappa shape index (κ3) is 2.90. The molecule has 94 valence electrons. The lowest BCUT2D eigenvalue weighted by Gasteiger charge is -2.19. The molecule has 0 fully saturated rings. The van der Waals surface area contributed by atoms with E-state index in [1.165, 1.54) is 9.64 Å². The maximum Gasteiger partial charge on any atom is 0.123 e. The molecular formula is C15H15FIN. The molecule has 1 atom stereocenters. The van der Waals surface area contributed by atoms with Crippen molar-refractivity contribution >= 4 is 22.6 Å². The summed E-state index contributed by atoms with van der Waals surface area (Å²) in [4.78, 5) is 0. The first-order valence-corrected chi connectivity index (χ1v) is 6.88. The van der Waals surface area contributed by atoms with Gasteiger partial charge in [-0.1, -0.05) is 18.2 Å². The Morgan fingerprint density at radius 1 is 1.11 bits per heavy atom. The van der Waals surface area contributed by atoms with Crippen LogP contribution in [0, 0.1) is 16.3 Å². The van der Waals surface area contributed by atoms with Gasteiger partial charge in [-0.2, -0.15) is 0 Å². The molecule has 0 amide bonds. The lowest BCUT2D eigenvalue weighted by Crippen LogP contribution is -2.18. The van der Waals surface area contributed by atoms with Crippen molar-refractivity contribution in [1.29, 1.82) is 0 Å². The molecule has 0 aromatic heterocycles. The van der Waals surface area contributed by atoms with Crippen LogP contribution in [0.4, 0.5) is 4.39 Å². The van der Waals surface area contributed by atoms with Gasteiger partial charge in [-0.15, -0.1) is 0 Å². The highest BCUT2D eigenvalue weighted by Gasteiger charge is 2.14. The Hall–Kier alpha value is -0.940. The zero-order valence-electron chi connectivity index (χ0n) is 10.4. The highest BCUT2D eigenvalue weighted by Crippen LogP contribution is 2.25. The van der Waals surface area contributed by atoms with Crippen LogP contribution in [-0.4, -0.2) is 7.05 Å². The fourth-order valence-corrected chi connectivity index (χ4v) is 2.44. The van der Waals surface area contributed by atoms with Gasteiger partial charge in [-0.05, 0) is 77.5 Å². The van der Waals surface area contributed by atoms with E-state index in [0.29, 0.717) is 0 Å². The van der Waals surface area contributed by atoms with Crippen LogP contribution < -0.4 is 5.32 Å². The Bertz CT molecular complexity index is 537. The lowest BCUT2D eigenvalue weighted by molar-refractivity contribution is 0.615. The highest BCUT2D eigenvalue weighted by molar-refractivity contribution is 14.1. The summed E-state index contributed by atoms with van der Waals surface area (Å²) in [6.07, 6.45) is 0. The minimum absolute atomic E-state index is 0.0256. The standard InChI is InChI=1S/C15H15FIN/c1-10-3-6-12(16)9-14(10)15(18-2)11-4-7-13(17)8-5-11/h3-9,15,18H,1-2H3. The summed E-state index contributed by atoms with van der Waals surface area (Å²) in [5.41, 5.74) is 3.22. The van der Waals surface area contributed by atoms with Crippen LogP contribution in [0.2, 0.25) is 0 Å². The maximum absolute atomic E-state index is 13.4. The summed E-state index contributed by atoms with van der Waals surface area (Å²) in [5, 5.41) is 3.25. The first-order valence-electron chi connectivity index (χ1n) is 5.80. The Balaban J connectivity index is 2.44. The summed E-state index contributed by atoms with van der Waals surface area (Å²) in [6, 6.07) is 13.2. The predicted molar refractivity (Wildman–Crippen MR) is 81.2 cm³/mol. The third-order valence-electron chi connectivity index (χ3n) is 3.04. The van der Waals surface area contributed by atoms with Crippen LogP contribution in [0.15, 0.2) is 42.5 Å². The second kappa shape index (κ2) is 5.80. The molecule has 0 heterocycles. The largest absolute Gasteiger partial charge is 0.309 e. The van der Waals surface area contributed by atoms with Gasteiger partial charge in [0, 0.05) is 3.57 Å². The summed E-state index contributed by atoms with van der Waals surface area (Å²) in [5.74, 6) is -0.193. The van der Waals surface area contributed by atoms with Crippen molar-refractivity contribution in [3.05, 3.63) is 68.5 Å². The Morgan fingerprint density at radius 2 is 1.78 bits per heavy atom. The molecule has 2 rings (SSSR count). The van der Waals surface area contributed by atoms with Crippen LogP contribution in [-0.2, 0) is 0 Å². The molecule has 1 unspecified atom stereocenters. The number of rotatable bonds is 3. The molecule has 0 bridgehead atoms. The molecule has 1 nitrogen and oxygen atoms in total. The van der Waals surface area contributed by atoms with E-state index in [9.17, 15) is 4.39 Å². The molecule has 2 aromatic carbocycles. The molecule has 0 radical (unpaired) electrons. The number of benzene rings is 2. The molecule has 0 saturated heterocycles. The number of hydrogen-bond acceptors (Lipinski definition) is 1. The minimum Gasteiger partial charge on any atom is -0.309 e. The molecule has 3 heteroatoms. The van der Waals surface area contributed by atoms with E-state index in [4.69, 9.17) is 0 Å². The Kier molecular flexibility index (Phi) is 4.35. The zero-order chi connectivity index (χ0) is 13.1. The van der Waals surface area contributed by atoms with Gasteiger partial charge < -0.3 is 5.32 Å². The molecule has 0 spiro atoms. The zero-order valence-corrected chi connectivity index (χ0v) is 12.5. The summed E-state index contributed by atoms with van der Waals surface area (Å²) >= 11 is 2.28. The van der Waals surface area contributed by atoms with Crippen molar-refractivity contribution < 1.29 is 4.39 Å². The molecule has 0 aliphatic heterocycles. The fraction of sp³-hybridized carbons (Fsp3) is 0.200. The van der Waals surface area contributed by atoms with Crippen molar-refractivity contribution in [3.63, 3.8) is 0 Å². The van der Waals surface area contributed by atoms with Crippen LogP contribution in [0.1, 0.15) is 22.7 Å². The van der Waals surface area contributed by atoms with Gasteiger partial charge in [-0.25, -0.2) is 4.39 Å². The summed E-state index contributed by atoms with van der Waals surface area (Å²) in [7, 11) is 1.90. The fourth-order valence-electron chi connectivity index (χ4n) is 2.08. The number of nitrogens with one attached hydrogen (secondary N) is 1. The van der Waals surface area contributed by atoms with Gasteiger partial charge in [0.1, 0.15) is 5.82 Å². The lowest BCUT2D eigenvalue weighted by atomic mass is 9.95. The normalized spacial score (nSPS) is 12.4. The van der Waals surface area contributed by atoms with E-state index in [-0.39, 0.29) is 11.9 Å². The third-order valence-corrected chi connectivity index (χ3v) is 3.76. The maximum atomic E-state index is 13.4. The van der Waals surface area contributed by atoms with E-state index in [2.05, 4.69) is 52.2 Å². The first kappa shape index (κ1) is 13.5. The average molecular weight is 355 g/mol. The van der Waals surface area contributed by atoms with E-state index in [1.54, 1.807) is 6.07 Å². The smallest absolute Gasteiger partial charge is 0.123 e. The molecule has 0 aliphatic rings. The van der Waals surface area contributed by atoms with E-state index < -0.39 is 0 Å². The molecule has 2 aromatic rings. The first-order chi connectivity index (χ1) is 8.61. The van der Waals surface area contributed by atoms with Crippen molar-refractivity contribution in [3.8, 4) is 0 Å². The van der Waals surface area contributed by atoms with Crippen molar-refractivity contribution in [2.24, 2.45) is 0 Å². The van der Waals surface area contributed by atoms with Crippen molar-refractivity contribution in [2.75, 3.05) is 7.05 Å². The number of halogens is 2. The van der Waals surface area contributed by atoms with Crippen molar-refractivity contribution in [2.45, 2.75) is 13.0 Å². The van der Waals surface area contributed by atoms with E-state index in [0.717, 1.165) is 16.7 Å². The van der Waals surface area contributed by atoms with Gasteiger partial charge >= 0.3 is 0 Å². The van der Waals surface area contributed by atoms with Gasteiger partial charge in [0.25, 0.3) is 0 Å². The van der Waals surface area contributed by atoms with Crippen LogP contribution in [0.25, 0.3) is 0 Å². The Labute approximate surface area is 121 Å². The van der Waals surface area contributed by atoms with Gasteiger partial charge in [0.05, 0.1) is 6.04 Å². The van der Waals surface area contributed by atoms with Crippen LogP contribution in [0.5, 0.6) is 0 Å². The molecular weight excluding hydrogens is 340 g/mol. The van der Waals surface area contributed by atoms with Gasteiger partial charge in [0.15, 0.2) is 0 Å². The molecule has 18 heavy (non-hydrogen) atoms.